The van der Waals surface area contributed by atoms with E-state index in [1.54, 1.807) is 13.8 Å². The Morgan fingerprint density at radius 2 is 1.19 bits per heavy atom. The van der Waals surface area contributed by atoms with Crippen LogP contribution in [-0.4, -0.2) is 75.0 Å². The molecule has 0 aromatic heterocycles. The van der Waals surface area contributed by atoms with Crippen LogP contribution in [0.25, 0.3) is 0 Å². The van der Waals surface area contributed by atoms with Crippen molar-refractivity contribution in [2.75, 3.05) is 53.4 Å². The molecule has 0 bridgehead atoms. The molecule has 2 amide bonds. The van der Waals surface area contributed by atoms with Crippen LogP contribution >= 0.6 is 0 Å². The summed E-state index contributed by atoms with van der Waals surface area (Å²) in [7, 11) is 4.03. The number of nitrogens with one attached hydrogen (secondary N) is 2. The van der Waals surface area contributed by atoms with Crippen LogP contribution in [0.1, 0.15) is 40.5 Å². The van der Waals surface area contributed by atoms with Crippen molar-refractivity contribution in [3.8, 4) is 0 Å². The van der Waals surface area contributed by atoms with Gasteiger partial charge in [0, 0.05) is 24.2 Å². The van der Waals surface area contributed by atoms with Crippen molar-refractivity contribution in [1.82, 2.24) is 20.4 Å². The van der Waals surface area contributed by atoms with Gasteiger partial charge in [-0.3, -0.25) is 9.59 Å². The van der Waals surface area contributed by atoms with Gasteiger partial charge in [-0.05, 0) is 67.0 Å². The van der Waals surface area contributed by atoms with E-state index in [1.165, 1.54) is 0 Å². The number of hydrogen-bond donors (Lipinski definition) is 2. The molecule has 6 heteroatoms. The fraction of sp³-hybridized carbons (Fsp3) is 0.700. The summed E-state index contributed by atoms with van der Waals surface area (Å²) in [5.41, 5.74) is 1.15. The van der Waals surface area contributed by atoms with Crippen molar-refractivity contribution < 1.29 is 9.59 Å². The number of hydrogen-bond acceptors (Lipinski definition) is 4. The van der Waals surface area contributed by atoms with Gasteiger partial charge >= 0.3 is 0 Å². The highest BCUT2D eigenvalue weighted by atomic mass is 16.2. The maximum Gasteiger partial charge on any atom is 0.246 e. The zero-order valence-corrected chi connectivity index (χ0v) is 17.8. The van der Waals surface area contributed by atoms with Gasteiger partial charge in [-0.15, -0.1) is 0 Å². The van der Waals surface area contributed by atoms with Crippen molar-refractivity contribution in [3.63, 3.8) is 0 Å². The van der Waals surface area contributed by atoms with Gasteiger partial charge in [0.15, 0.2) is 0 Å². The Morgan fingerprint density at radius 1 is 0.808 bits per heavy atom. The summed E-state index contributed by atoms with van der Waals surface area (Å²) >= 11 is 0. The predicted octanol–water partition coefficient (Wildman–Crippen LogP) is 2.04. The first-order valence-electron chi connectivity index (χ1n) is 9.40. The second kappa shape index (κ2) is 16.8. The van der Waals surface area contributed by atoms with E-state index < -0.39 is 0 Å². The Labute approximate surface area is 160 Å². The Bertz CT molecular complexity index is 430. The molecule has 0 heterocycles. The molecule has 2 N–H and O–H groups in total. The molecule has 0 rings (SSSR count). The third-order valence-electron chi connectivity index (χ3n) is 3.67. The smallest absolute Gasteiger partial charge is 0.246 e. The molecular weight excluding hydrogens is 328 g/mol. The van der Waals surface area contributed by atoms with Gasteiger partial charge in [0.2, 0.25) is 11.8 Å². The van der Waals surface area contributed by atoms with E-state index >= 15 is 0 Å². The topological polar surface area (TPSA) is 64.7 Å². The molecule has 0 aliphatic carbocycles. The lowest BCUT2D eigenvalue weighted by Crippen LogP contribution is -2.30. The monoisotopic (exact) mass is 368 g/mol. The van der Waals surface area contributed by atoms with Crippen LogP contribution in [0.3, 0.4) is 0 Å². The minimum Gasteiger partial charge on any atom is -0.352 e. The average molecular weight is 369 g/mol. The van der Waals surface area contributed by atoms with Crippen LogP contribution in [0.2, 0.25) is 0 Å². The Morgan fingerprint density at radius 3 is 1.50 bits per heavy atom. The lowest BCUT2D eigenvalue weighted by Gasteiger charge is -2.17. The molecule has 0 aromatic carbocycles. The first-order chi connectivity index (χ1) is 12.1. The molecule has 152 valence electrons. The Hall–Kier alpha value is -1.66. The van der Waals surface area contributed by atoms with Crippen LogP contribution in [0.15, 0.2) is 24.3 Å². The zero-order valence-electron chi connectivity index (χ0n) is 17.8. The second-order valence-electron chi connectivity index (χ2n) is 6.61. The maximum atomic E-state index is 11.1. The van der Waals surface area contributed by atoms with Crippen molar-refractivity contribution >= 4 is 11.8 Å². The van der Waals surface area contributed by atoms with Gasteiger partial charge < -0.3 is 20.4 Å². The van der Waals surface area contributed by atoms with Crippen molar-refractivity contribution in [3.05, 3.63) is 24.3 Å². The predicted molar refractivity (Wildman–Crippen MR) is 111 cm³/mol. The van der Waals surface area contributed by atoms with Crippen LogP contribution in [-0.2, 0) is 9.59 Å². The molecule has 0 radical (unpaired) electrons. The number of carbonyl (C=O) groups is 2. The first-order valence-corrected chi connectivity index (χ1v) is 9.40. The number of carbonyl (C=O) groups excluding carboxylic acids is 2. The normalized spacial score (nSPS) is 10.2. The van der Waals surface area contributed by atoms with Crippen LogP contribution in [0, 0.1) is 0 Å². The molecule has 26 heavy (non-hydrogen) atoms. The molecule has 0 aromatic rings. The lowest BCUT2D eigenvalue weighted by molar-refractivity contribution is -0.118. The first kappa shape index (κ1) is 26.6. The van der Waals surface area contributed by atoms with Crippen LogP contribution in [0.4, 0.5) is 0 Å². The van der Waals surface area contributed by atoms with Gasteiger partial charge in [-0.1, -0.05) is 27.0 Å². The van der Waals surface area contributed by atoms with Gasteiger partial charge in [-0.2, -0.15) is 0 Å². The zero-order chi connectivity index (χ0) is 20.5. The van der Waals surface area contributed by atoms with Gasteiger partial charge in [-0.25, -0.2) is 0 Å². The number of rotatable bonds is 12. The summed E-state index contributed by atoms with van der Waals surface area (Å²) in [5.74, 6) is -0.0849. The summed E-state index contributed by atoms with van der Waals surface area (Å²) < 4.78 is 0. The molecule has 0 saturated heterocycles. The summed E-state index contributed by atoms with van der Waals surface area (Å²) in [4.78, 5) is 26.5. The fourth-order valence-corrected chi connectivity index (χ4v) is 1.94. The maximum absolute atomic E-state index is 11.1. The summed E-state index contributed by atoms with van der Waals surface area (Å²) in [6, 6.07) is 0. The molecule has 0 atom stereocenters. The summed E-state index contributed by atoms with van der Waals surface area (Å²) in [5, 5.41) is 5.59. The van der Waals surface area contributed by atoms with Crippen molar-refractivity contribution in [2.45, 2.75) is 40.5 Å². The van der Waals surface area contributed by atoms with Gasteiger partial charge in [0.25, 0.3) is 0 Å². The van der Waals surface area contributed by atoms with Crippen molar-refractivity contribution in [2.24, 2.45) is 0 Å². The molecule has 0 aliphatic heterocycles. The lowest BCUT2D eigenvalue weighted by atomic mass is 10.3. The summed E-state index contributed by atoms with van der Waals surface area (Å²) in [6.07, 6.45) is 1.98. The Balaban J connectivity index is 0. The molecule has 6 nitrogen and oxygen atoms in total. The molecule has 0 spiro atoms. The molecule has 0 aliphatic rings. The van der Waals surface area contributed by atoms with E-state index in [9.17, 15) is 9.59 Å². The minimum atomic E-state index is -0.0474. The molecule has 0 fully saturated rings. The Kier molecular flexibility index (Phi) is 17.2. The van der Waals surface area contributed by atoms with Crippen LogP contribution in [0.5, 0.6) is 0 Å². The van der Waals surface area contributed by atoms with Gasteiger partial charge in [0.1, 0.15) is 0 Å². The molecule has 0 unspecified atom stereocenters. The number of amides is 2. The standard InChI is InChI=1S/C11H22N2O.C9H18N2O/c1-5-13(6-2)9-7-8-12-11(14)10(3)4;1-8(2)9(12)10-6-5-7-11(3)4/h3,5-9H2,1-2,4H3,(H,12,14);1,5-7H2,2-4H3,(H,10,12). The highest BCUT2D eigenvalue weighted by molar-refractivity contribution is 5.92. The third kappa shape index (κ3) is 17.2. The highest BCUT2D eigenvalue weighted by Gasteiger charge is 2.01. The van der Waals surface area contributed by atoms with E-state index in [2.05, 4.69) is 47.4 Å². The molecular formula is C20H40N4O2. The average Bonchev–Trinajstić information content (AvgIpc) is 2.58. The van der Waals surface area contributed by atoms with Crippen LogP contribution < -0.4 is 10.6 Å². The second-order valence-corrected chi connectivity index (χ2v) is 6.61. The minimum absolute atomic E-state index is 0.0375. The summed E-state index contributed by atoms with van der Waals surface area (Å²) in [6.45, 7) is 20.5. The van der Waals surface area contributed by atoms with Crippen molar-refractivity contribution in [1.29, 1.82) is 0 Å². The van der Waals surface area contributed by atoms with Gasteiger partial charge in [0.05, 0.1) is 0 Å². The van der Waals surface area contributed by atoms with E-state index in [0.717, 1.165) is 52.1 Å². The molecule has 0 saturated carbocycles. The van der Waals surface area contributed by atoms with E-state index in [4.69, 9.17) is 0 Å². The van der Waals surface area contributed by atoms with E-state index in [-0.39, 0.29) is 11.8 Å². The van der Waals surface area contributed by atoms with E-state index in [0.29, 0.717) is 11.1 Å². The highest BCUT2D eigenvalue weighted by Crippen LogP contribution is 1.91. The van der Waals surface area contributed by atoms with E-state index in [1.807, 2.05) is 14.1 Å². The fourth-order valence-electron chi connectivity index (χ4n) is 1.94. The quantitative estimate of drug-likeness (QED) is 0.409. The number of nitrogens with zero attached hydrogens (tertiary/aromatic N) is 2. The largest absolute Gasteiger partial charge is 0.352 e. The SMILES string of the molecule is C=C(C)C(=O)NCCCN(C)C.C=C(C)C(=O)NCCCN(CC)CC. The third-order valence-corrected chi connectivity index (χ3v) is 3.67.